The van der Waals surface area contributed by atoms with Gasteiger partial charge < -0.3 is 14.9 Å². The molecule has 0 spiro atoms. The van der Waals surface area contributed by atoms with Gasteiger partial charge in [-0.05, 0) is 13.3 Å². The lowest BCUT2D eigenvalue weighted by atomic mass is 10.3. The van der Waals surface area contributed by atoms with Crippen molar-refractivity contribution in [1.82, 2.24) is 0 Å². The molecule has 0 aromatic heterocycles. The Kier molecular flexibility index (Phi) is 5.58. The van der Waals surface area contributed by atoms with E-state index >= 15 is 0 Å². The van der Waals surface area contributed by atoms with Crippen molar-refractivity contribution in [3.8, 4) is 0 Å². The largest absolute Gasteiger partial charge is 0.388 e. The third kappa shape index (κ3) is 4.73. The van der Waals surface area contributed by atoms with Crippen LogP contribution in [-0.2, 0) is 4.74 Å². The van der Waals surface area contributed by atoms with Crippen LogP contribution in [-0.4, -0.2) is 29.2 Å². The van der Waals surface area contributed by atoms with Crippen LogP contribution in [0.25, 0.3) is 0 Å². The first-order valence-electron chi connectivity index (χ1n) is 3.66. The predicted molar refractivity (Wildman–Crippen MR) is 38.5 cm³/mol. The minimum absolute atomic E-state index is 0.516. The molecule has 10 heavy (non-hydrogen) atoms. The molecule has 0 saturated heterocycles. The number of rotatable bonds is 5. The summed E-state index contributed by atoms with van der Waals surface area (Å²) in [6, 6.07) is 0. The second-order valence-electron chi connectivity index (χ2n) is 2.36. The Morgan fingerprint density at radius 3 is 2.40 bits per heavy atom. The second kappa shape index (κ2) is 5.65. The van der Waals surface area contributed by atoms with E-state index in [1.54, 1.807) is 0 Å². The van der Waals surface area contributed by atoms with E-state index in [-0.39, 0.29) is 0 Å². The maximum Gasteiger partial charge on any atom is 0.180 e. The number of aliphatic hydroxyl groups excluding tert-OH is 2. The summed E-state index contributed by atoms with van der Waals surface area (Å²) in [6.45, 7) is 4.05. The highest BCUT2D eigenvalue weighted by molar-refractivity contribution is 4.48. The Bertz CT molecular complexity index is 73.3. The summed E-state index contributed by atoms with van der Waals surface area (Å²) >= 11 is 0. The molecule has 0 radical (unpaired) electrons. The van der Waals surface area contributed by atoms with Crippen molar-refractivity contribution in [3.63, 3.8) is 0 Å². The topological polar surface area (TPSA) is 49.7 Å². The van der Waals surface area contributed by atoms with Gasteiger partial charge in [0, 0.05) is 6.61 Å². The summed E-state index contributed by atoms with van der Waals surface area (Å²) in [4.78, 5) is 0. The highest BCUT2D eigenvalue weighted by atomic mass is 16.6. The van der Waals surface area contributed by atoms with Gasteiger partial charge in [-0.15, -0.1) is 0 Å². The maximum atomic E-state index is 8.88. The molecule has 0 aliphatic carbocycles. The van der Waals surface area contributed by atoms with E-state index < -0.39 is 12.4 Å². The number of unbranched alkanes of at least 4 members (excludes halogenated alkanes) is 1. The quantitative estimate of drug-likeness (QED) is 0.441. The first-order chi connectivity index (χ1) is 4.68. The molecule has 0 heterocycles. The van der Waals surface area contributed by atoms with Crippen LogP contribution in [0.1, 0.15) is 26.7 Å². The minimum atomic E-state index is -1.02. The monoisotopic (exact) mass is 148 g/mol. The van der Waals surface area contributed by atoms with Gasteiger partial charge in [-0.3, -0.25) is 0 Å². The molecule has 62 valence electrons. The van der Waals surface area contributed by atoms with E-state index in [1.165, 1.54) is 6.92 Å². The Morgan fingerprint density at radius 2 is 2.00 bits per heavy atom. The molecule has 3 nitrogen and oxygen atoms in total. The van der Waals surface area contributed by atoms with Crippen LogP contribution in [0.3, 0.4) is 0 Å². The Balaban J connectivity index is 3.13. The summed E-state index contributed by atoms with van der Waals surface area (Å²) in [5.74, 6) is 0. The molecular formula is C7H16O3. The zero-order valence-corrected chi connectivity index (χ0v) is 6.58. The first-order valence-corrected chi connectivity index (χ1v) is 3.66. The van der Waals surface area contributed by atoms with Crippen LogP contribution >= 0.6 is 0 Å². The van der Waals surface area contributed by atoms with E-state index in [2.05, 4.69) is 0 Å². The van der Waals surface area contributed by atoms with Gasteiger partial charge >= 0.3 is 0 Å². The molecule has 0 bridgehead atoms. The van der Waals surface area contributed by atoms with E-state index in [0.29, 0.717) is 6.61 Å². The number of aliphatic hydroxyl groups is 2. The Hall–Kier alpha value is -0.120. The highest BCUT2D eigenvalue weighted by Gasteiger charge is 2.09. The summed E-state index contributed by atoms with van der Waals surface area (Å²) in [5.41, 5.74) is 0. The smallest absolute Gasteiger partial charge is 0.180 e. The molecule has 2 unspecified atom stereocenters. The Labute approximate surface area is 61.6 Å². The molecule has 0 aromatic rings. The average Bonchev–Trinajstić information content (AvgIpc) is 1.88. The molecule has 0 saturated carbocycles. The minimum Gasteiger partial charge on any atom is -0.388 e. The molecule has 2 N–H and O–H groups in total. The molecule has 0 aromatic carbocycles. The van der Waals surface area contributed by atoms with Crippen molar-refractivity contribution in [1.29, 1.82) is 0 Å². The van der Waals surface area contributed by atoms with Gasteiger partial charge in [0.2, 0.25) is 0 Å². The zero-order chi connectivity index (χ0) is 7.98. The third-order valence-corrected chi connectivity index (χ3v) is 1.20. The fourth-order valence-electron chi connectivity index (χ4n) is 0.488. The molecule has 3 heteroatoms. The fraction of sp³-hybridized carbons (Fsp3) is 1.00. The van der Waals surface area contributed by atoms with Crippen molar-refractivity contribution in [2.75, 3.05) is 6.61 Å². The maximum absolute atomic E-state index is 8.88. The van der Waals surface area contributed by atoms with Crippen LogP contribution in [0, 0.1) is 0 Å². The third-order valence-electron chi connectivity index (χ3n) is 1.20. The first kappa shape index (κ1) is 9.88. The van der Waals surface area contributed by atoms with Gasteiger partial charge in [0.15, 0.2) is 6.29 Å². The lowest BCUT2D eigenvalue weighted by Gasteiger charge is -2.13. The lowest BCUT2D eigenvalue weighted by Crippen LogP contribution is -2.25. The molecule has 0 aliphatic heterocycles. The normalized spacial score (nSPS) is 16.8. The van der Waals surface area contributed by atoms with Crippen LogP contribution in [0.2, 0.25) is 0 Å². The van der Waals surface area contributed by atoms with Crippen LogP contribution < -0.4 is 0 Å². The van der Waals surface area contributed by atoms with E-state index in [4.69, 9.17) is 14.9 Å². The van der Waals surface area contributed by atoms with Crippen LogP contribution in [0.15, 0.2) is 0 Å². The second-order valence-corrected chi connectivity index (χ2v) is 2.36. The van der Waals surface area contributed by atoms with Gasteiger partial charge in [-0.2, -0.15) is 0 Å². The van der Waals surface area contributed by atoms with Crippen LogP contribution in [0.5, 0.6) is 0 Å². The van der Waals surface area contributed by atoms with Crippen molar-refractivity contribution in [3.05, 3.63) is 0 Å². The van der Waals surface area contributed by atoms with Gasteiger partial charge in [-0.25, -0.2) is 0 Å². The molecule has 0 amide bonds. The van der Waals surface area contributed by atoms with Gasteiger partial charge in [0.1, 0.15) is 6.10 Å². The summed E-state index contributed by atoms with van der Waals surface area (Å²) in [7, 11) is 0. The highest BCUT2D eigenvalue weighted by Crippen LogP contribution is 1.96. The number of ether oxygens (including phenoxy) is 1. The lowest BCUT2D eigenvalue weighted by molar-refractivity contribution is -0.156. The Morgan fingerprint density at radius 1 is 1.40 bits per heavy atom. The van der Waals surface area contributed by atoms with Crippen molar-refractivity contribution in [2.45, 2.75) is 39.1 Å². The predicted octanol–water partition coefficient (Wildman–Crippen LogP) is 0.502. The fourth-order valence-corrected chi connectivity index (χ4v) is 0.488. The summed E-state index contributed by atoms with van der Waals surface area (Å²) in [5, 5.41) is 17.6. The standard InChI is InChI=1S/C7H16O3/c1-3-4-5-10-7(9)6(2)8/h6-9H,3-5H2,1-2H3. The average molecular weight is 148 g/mol. The summed E-state index contributed by atoms with van der Waals surface area (Å²) < 4.78 is 4.85. The van der Waals surface area contributed by atoms with E-state index in [0.717, 1.165) is 12.8 Å². The van der Waals surface area contributed by atoms with E-state index in [1.807, 2.05) is 6.92 Å². The van der Waals surface area contributed by atoms with Crippen molar-refractivity contribution < 1.29 is 14.9 Å². The molecule has 0 fully saturated rings. The van der Waals surface area contributed by atoms with Crippen molar-refractivity contribution in [2.24, 2.45) is 0 Å². The SMILES string of the molecule is CCCCOC(O)C(C)O. The molecular weight excluding hydrogens is 132 g/mol. The molecule has 2 atom stereocenters. The van der Waals surface area contributed by atoms with Gasteiger partial charge in [0.25, 0.3) is 0 Å². The molecule has 0 rings (SSSR count). The number of hydrogen-bond donors (Lipinski definition) is 2. The van der Waals surface area contributed by atoms with E-state index in [9.17, 15) is 0 Å². The summed E-state index contributed by atoms with van der Waals surface area (Å²) in [6.07, 6.45) is 0.138. The molecule has 0 aliphatic rings. The van der Waals surface area contributed by atoms with Gasteiger partial charge in [0.05, 0.1) is 0 Å². The number of hydrogen-bond acceptors (Lipinski definition) is 3. The van der Waals surface area contributed by atoms with Gasteiger partial charge in [-0.1, -0.05) is 13.3 Å². The van der Waals surface area contributed by atoms with Crippen molar-refractivity contribution >= 4 is 0 Å². The van der Waals surface area contributed by atoms with Crippen LogP contribution in [0.4, 0.5) is 0 Å². The zero-order valence-electron chi connectivity index (χ0n) is 6.58.